The van der Waals surface area contributed by atoms with Crippen molar-refractivity contribution < 1.29 is 14.6 Å². The summed E-state index contributed by atoms with van der Waals surface area (Å²) in [6, 6.07) is 7.56. The Morgan fingerprint density at radius 2 is 2.15 bits per heavy atom. The number of fused-ring (bicyclic) bond motifs is 1. The van der Waals surface area contributed by atoms with Crippen molar-refractivity contribution in [2.24, 2.45) is 0 Å². The lowest BCUT2D eigenvalue weighted by Gasteiger charge is -2.21. The van der Waals surface area contributed by atoms with Gasteiger partial charge in [0, 0.05) is 24.2 Å². The number of aliphatic carboxylic acids is 1. The lowest BCUT2D eigenvalue weighted by molar-refractivity contribution is -0.143. The van der Waals surface area contributed by atoms with Crippen LogP contribution >= 0.6 is 0 Å². The molecule has 0 radical (unpaired) electrons. The van der Waals surface area contributed by atoms with Crippen LogP contribution in [0.15, 0.2) is 30.5 Å². The summed E-state index contributed by atoms with van der Waals surface area (Å²) in [5.74, 6) is -0.126. The van der Waals surface area contributed by atoms with Gasteiger partial charge in [0.05, 0.1) is 12.6 Å². The highest BCUT2D eigenvalue weighted by atomic mass is 16.5. The monoisotopic (exact) mass is 274 g/mol. The molecule has 0 saturated carbocycles. The van der Waals surface area contributed by atoms with Crippen LogP contribution in [0.4, 0.5) is 0 Å². The summed E-state index contributed by atoms with van der Waals surface area (Å²) in [5, 5.41) is 13.1. The van der Waals surface area contributed by atoms with Gasteiger partial charge in [-0.3, -0.25) is 15.1 Å². The Balaban J connectivity index is 2.29. The van der Waals surface area contributed by atoms with Gasteiger partial charge in [-0.2, -0.15) is 0 Å². The number of carboxylic acids is 1. The average Bonchev–Trinajstić information content (AvgIpc) is 2.44. The van der Waals surface area contributed by atoms with Gasteiger partial charge in [-0.05, 0) is 37.6 Å². The van der Waals surface area contributed by atoms with Crippen molar-refractivity contribution in [1.82, 2.24) is 10.3 Å². The normalized spacial score (nSPS) is 11.6. The highest BCUT2D eigenvalue weighted by Gasteiger charge is 2.26. The molecule has 2 aromatic rings. The van der Waals surface area contributed by atoms with E-state index in [1.807, 2.05) is 24.3 Å². The molecular weight excluding hydrogens is 256 g/mol. The van der Waals surface area contributed by atoms with Gasteiger partial charge in [0.15, 0.2) is 0 Å². The Labute approximate surface area is 117 Å². The molecule has 5 heteroatoms. The fourth-order valence-corrected chi connectivity index (χ4v) is 1.86. The van der Waals surface area contributed by atoms with E-state index in [9.17, 15) is 4.79 Å². The first kappa shape index (κ1) is 14.3. The molecule has 5 nitrogen and oxygen atoms in total. The number of aromatic nitrogens is 1. The van der Waals surface area contributed by atoms with Crippen molar-refractivity contribution in [2.75, 3.05) is 7.11 Å². The second kappa shape index (κ2) is 5.46. The van der Waals surface area contributed by atoms with Gasteiger partial charge < -0.3 is 9.84 Å². The zero-order valence-corrected chi connectivity index (χ0v) is 11.8. The second-order valence-electron chi connectivity index (χ2n) is 5.14. The summed E-state index contributed by atoms with van der Waals surface area (Å²) in [7, 11) is 1.61. The number of hydrogen-bond donors (Lipinski definition) is 2. The molecule has 0 unspecified atom stereocenters. The molecule has 0 aliphatic rings. The van der Waals surface area contributed by atoms with Crippen LogP contribution in [0, 0.1) is 0 Å². The van der Waals surface area contributed by atoms with E-state index in [4.69, 9.17) is 9.84 Å². The summed E-state index contributed by atoms with van der Waals surface area (Å²) >= 11 is 0. The second-order valence-corrected chi connectivity index (χ2v) is 5.14. The summed E-state index contributed by atoms with van der Waals surface area (Å²) in [6.45, 7) is 3.74. The Hall–Kier alpha value is -2.14. The van der Waals surface area contributed by atoms with Crippen LogP contribution < -0.4 is 10.1 Å². The third-order valence-electron chi connectivity index (χ3n) is 3.30. The minimum absolute atomic E-state index is 0.463. The zero-order chi connectivity index (χ0) is 14.8. The first-order chi connectivity index (χ1) is 9.44. The van der Waals surface area contributed by atoms with E-state index in [1.165, 1.54) is 0 Å². The third-order valence-corrected chi connectivity index (χ3v) is 3.30. The van der Waals surface area contributed by atoms with Gasteiger partial charge in [-0.1, -0.05) is 0 Å². The summed E-state index contributed by atoms with van der Waals surface area (Å²) in [5.41, 5.74) is 0.867. The number of ether oxygens (including phenoxy) is 1. The smallest absolute Gasteiger partial charge is 0.323 e. The predicted molar refractivity (Wildman–Crippen MR) is 76.8 cm³/mol. The Morgan fingerprint density at radius 3 is 2.80 bits per heavy atom. The van der Waals surface area contributed by atoms with Gasteiger partial charge in [0.1, 0.15) is 11.3 Å². The molecule has 0 aliphatic carbocycles. The molecule has 1 aromatic carbocycles. The van der Waals surface area contributed by atoms with Gasteiger partial charge in [0.2, 0.25) is 0 Å². The van der Waals surface area contributed by atoms with E-state index >= 15 is 0 Å². The highest BCUT2D eigenvalue weighted by Crippen LogP contribution is 2.22. The molecule has 0 bridgehead atoms. The summed E-state index contributed by atoms with van der Waals surface area (Å²) in [6.07, 6.45) is 1.71. The lowest BCUT2D eigenvalue weighted by Crippen LogP contribution is -2.46. The number of nitrogens with one attached hydrogen (secondary N) is 1. The molecule has 0 fully saturated rings. The Bertz CT molecular complexity index is 638. The van der Waals surface area contributed by atoms with E-state index in [-0.39, 0.29) is 0 Å². The largest absolute Gasteiger partial charge is 0.497 e. The average molecular weight is 274 g/mol. The van der Waals surface area contributed by atoms with Crippen molar-refractivity contribution in [1.29, 1.82) is 0 Å². The quantitative estimate of drug-likeness (QED) is 0.874. The number of carbonyl (C=O) groups is 1. The molecule has 0 aliphatic heterocycles. The lowest BCUT2D eigenvalue weighted by atomic mass is 10.0. The van der Waals surface area contributed by atoms with Gasteiger partial charge in [0.25, 0.3) is 0 Å². The third kappa shape index (κ3) is 2.88. The molecule has 2 N–H and O–H groups in total. The van der Waals surface area contributed by atoms with E-state index in [0.29, 0.717) is 6.54 Å². The van der Waals surface area contributed by atoms with Gasteiger partial charge >= 0.3 is 5.97 Å². The van der Waals surface area contributed by atoms with Crippen LogP contribution in [0.2, 0.25) is 0 Å². The molecule has 1 aromatic heterocycles. The molecule has 0 saturated heterocycles. The molecule has 0 amide bonds. The van der Waals surface area contributed by atoms with Crippen LogP contribution in [0.3, 0.4) is 0 Å². The van der Waals surface area contributed by atoms with Crippen LogP contribution in [-0.2, 0) is 11.3 Å². The maximum Gasteiger partial charge on any atom is 0.323 e. The number of pyridine rings is 1. The summed E-state index contributed by atoms with van der Waals surface area (Å²) < 4.78 is 5.17. The van der Waals surface area contributed by atoms with Crippen LogP contribution in [0.1, 0.15) is 19.4 Å². The number of methoxy groups -OCH3 is 1. The molecule has 20 heavy (non-hydrogen) atoms. The van der Waals surface area contributed by atoms with Crippen molar-refractivity contribution in [2.45, 2.75) is 25.9 Å². The molecular formula is C15H18N2O3. The SMILES string of the molecule is COc1ccc2c(CNC(C)(C)C(=O)O)ccnc2c1. The summed E-state index contributed by atoms with van der Waals surface area (Å²) in [4.78, 5) is 15.4. The fourth-order valence-electron chi connectivity index (χ4n) is 1.86. The highest BCUT2D eigenvalue weighted by molar-refractivity contribution is 5.83. The topological polar surface area (TPSA) is 71.5 Å². The number of rotatable bonds is 5. The Morgan fingerprint density at radius 1 is 1.40 bits per heavy atom. The first-order valence-corrected chi connectivity index (χ1v) is 6.34. The molecule has 0 atom stereocenters. The van der Waals surface area contributed by atoms with Gasteiger partial charge in [-0.15, -0.1) is 0 Å². The number of carboxylic acid groups (broad SMARTS) is 1. The van der Waals surface area contributed by atoms with E-state index in [2.05, 4.69) is 10.3 Å². The van der Waals surface area contributed by atoms with Crippen LogP contribution in [0.5, 0.6) is 5.75 Å². The number of hydrogen-bond acceptors (Lipinski definition) is 4. The Kier molecular flexibility index (Phi) is 3.90. The minimum Gasteiger partial charge on any atom is -0.497 e. The molecule has 1 heterocycles. The van der Waals surface area contributed by atoms with E-state index < -0.39 is 11.5 Å². The van der Waals surface area contributed by atoms with E-state index in [1.54, 1.807) is 27.2 Å². The molecule has 2 rings (SSSR count). The van der Waals surface area contributed by atoms with Crippen molar-refractivity contribution in [3.05, 3.63) is 36.0 Å². The predicted octanol–water partition coefficient (Wildman–Crippen LogP) is 2.20. The number of nitrogens with zero attached hydrogens (tertiary/aromatic N) is 1. The van der Waals surface area contributed by atoms with Crippen molar-refractivity contribution in [3.63, 3.8) is 0 Å². The first-order valence-electron chi connectivity index (χ1n) is 6.34. The maximum absolute atomic E-state index is 11.1. The van der Waals surface area contributed by atoms with Gasteiger partial charge in [-0.25, -0.2) is 0 Å². The van der Waals surface area contributed by atoms with E-state index in [0.717, 1.165) is 22.2 Å². The minimum atomic E-state index is -0.970. The van der Waals surface area contributed by atoms with Crippen molar-refractivity contribution >= 4 is 16.9 Å². The zero-order valence-electron chi connectivity index (χ0n) is 11.8. The van der Waals surface area contributed by atoms with Crippen LogP contribution in [-0.4, -0.2) is 28.7 Å². The number of benzene rings is 1. The van der Waals surface area contributed by atoms with Crippen molar-refractivity contribution in [3.8, 4) is 5.75 Å². The fraction of sp³-hybridized carbons (Fsp3) is 0.333. The molecule has 106 valence electrons. The maximum atomic E-state index is 11.1. The van der Waals surface area contributed by atoms with Crippen LogP contribution in [0.25, 0.3) is 10.9 Å². The molecule has 0 spiro atoms. The standard InChI is InChI=1S/C15H18N2O3/c1-15(2,14(18)19)17-9-10-6-7-16-13-8-11(20-3)4-5-12(10)13/h4-8,17H,9H2,1-3H3,(H,18,19).